The molecule has 0 atom stereocenters. The zero-order valence-corrected chi connectivity index (χ0v) is 16.4. The van der Waals surface area contributed by atoms with Crippen LogP contribution in [0.15, 0.2) is 42.5 Å². The molecular formula is C20H20N4O6. The Morgan fingerprint density at radius 3 is 2.53 bits per heavy atom. The number of ether oxygens (including phenoxy) is 4. The van der Waals surface area contributed by atoms with E-state index < -0.39 is 11.9 Å². The number of aromatic nitrogens is 3. The van der Waals surface area contributed by atoms with Crippen LogP contribution in [0.25, 0.3) is 11.3 Å². The molecule has 0 bridgehead atoms. The molecule has 2 aromatic carbocycles. The Hall–Kier alpha value is -4.08. The number of nitrogens with two attached hydrogens (primary N) is 1. The van der Waals surface area contributed by atoms with Crippen molar-refractivity contribution < 1.29 is 28.5 Å². The standard InChI is InChI=1S/C20H20N4O6/c1-27-16-11-12(17-18(19(21)25)23-24-22-17)6-7-15(16)30-9-8-29-14-5-3-4-13(10-14)20(26)28-2/h3-7,10-11H,8-9H2,1-2H3,(H2,21,25)(H,22,23,24). The highest BCUT2D eigenvalue weighted by molar-refractivity contribution is 5.96. The van der Waals surface area contributed by atoms with Crippen molar-refractivity contribution in [1.82, 2.24) is 15.4 Å². The topological polar surface area (TPSA) is 139 Å². The average Bonchev–Trinajstić information content (AvgIpc) is 3.26. The summed E-state index contributed by atoms with van der Waals surface area (Å²) in [5.74, 6) is 0.323. The number of benzene rings is 2. The van der Waals surface area contributed by atoms with Crippen molar-refractivity contribution in [2.45, 2.75) is 0 Å². The van der Waals surface area contributed by atoms with Gasteiger partial charge in [0, 0.05) is 5.56 Å². The zero-order valence-electron chi connectivity index (χ0n) is 16.4. The van der Waals surface area contributed by atoms with Crippen LogP contribution in [0.5, 0.6) is 17.2 Å². The Morgan fingerprint density at radius 2 is 1.80 bits per heavy atom. The van der Waals surface area contributed by atoms with E-state index in [4.69, 9.17) is 19.9 Å². The SMILES string of the molecule is COC(=O)c1cccc(OCCOc2ccc(-c3n[nH]nc3C(N)=O)cc2OC)c1. The van der Waals surface area contributed by atoms with Crippen molar-refractivity contribution in [2.75, 3.05) is 27.4 Å². The van der Waals surface area contributed by atoms with Gasteiger partial charge >= 0.3 is 5.97 Å². The van der Waals surface area contributed by atoms with Gasteiger partial charge in [-0.15, -0.1) is 0 Å². The molecule has 10 nitrogen and oxygen atoms in total. The third-order valence-electron chi connectivity index (χ3n) is 4.08. The molecule has 1 heterocycles. The third kappa shape index (κ3) is 4.66. The summed E-state index contributed by atoms with van der Waals surface area (Å²) >= 11 is 0. The highest BCUT2D eigenvalue weighted by atomic mass is 16.5. The Bertz CT molecular complexity index is 1050. The van der Waals surface area contributed by atoms with Crippen LogP contribution in [0.2, 0.25) is 0 Å². The molecule has 10 heteroatoms. The van der Waals surface area contributed by atoms with E-state index in [0.717, 1.165) is 0 Å². The predicted molar refractivity (Wildman–Crippen MR) is 106 cm³/mol. The summed E-state index contributed by atoms with van der Waals surface area (Å²) in [6.45, 7) is 0.472. The molecule has 0 saturated heterocycles. The van der Waals surface area contributed by atoms with Crippen molar-refractivity contribution in [3.05, 3.63) is 53.7 Å². The first kappa shape index (κ1) is 20.6. The van der Waals surface area contributed by atoms with Crippen LogP contribution >= 0.6 is 0 Å². The van der Waals surface area contributed by atoms with Gasteiger partial charge in [-0.05, 0) is 36.4 Å². The van der Waals surface area contributed by atoms with E-state index in [1.165, 1.54) is 14.2 Å². The first-order valence-corrected chi connectivity index (χ1v) is 8.86. The van der Waals surface area contributed by atoms with Crippen molar-refractivity contribution in [2.24, 2.45) is 5.73 Å². The highest BCUT2D eigenvalue weighted by Crippen LogP contribution is 2.32. The first-order chi connectivity index (χ1) is 14.5. The maximum Gasteiger partial charge on any atom is 0.337 e. The predicted octanol–water partition coefficient (Wildman–Crippen LogP) is 1.82. The number of carbonyl (C=O) groups is 2. The van der Waals surface area contributed by atoms with Crippen LogP contribution in [0.4, 0.5) is 0 Å². The highest BCUT2D eigenvalue weighted by Gasteiger charge is 2.17. The smallest absolute Gasteiger partial charge is 0.337 e. The lowest BCUT2D eigenvalue weighted by atomic mass is 10.1. The number of rotatable bonds is 9. The molecule has 0 unspecified atom stereocenters. The summed E-state index contributed by atoms with van der Waals surface area (Å²) in [4.78, 5) is 23.0. The van der Waals surface area contributed by atoms with E-state index in [1.54, 1.807) is 42.5 Å². The molecule has 0 aliphatic rings. The zero-order chi connectivity index (χ0) is 21.5. The van der Waals surface area contributed by atoms with Gasteiger partial charge in [-0.3, -0.25) is 4.79 Å². The fourth-order valence-electron chi connectivity index (χ4n) is 2.68. The number of amides is 1. The Labute approximate surface area is 171 Å². The minimum Gasteiger partial charge on any atom is -0.493 e. The van der Waals surface area contributed by atoms with Crippen LogP contribution in [0.3, 0.4) is 0 Å². The number of carbonyl (C=O) groups excluding carboxylic acids is 2. The lowest BCUT2D eigenvalue weighted by Crippen LogP contribution is -2.13. The van der Waals surface area contributed by atoms with E-state index in [2.05, 4.69) is 20.1 Å². The third-order valence-corrected chi connectivity index (χ3v) is 4.08. The summed E-state index contributed by atoms with van der Waals surface area (Å²) in [5.41, 5.74) is 6.65. The van der Waals surface area contributed by atoms with Gasteiger partial charge in [-0.25, -0.2) is 4.79 Å². The van der Waals surface area contributed by atoms with Gasteiger partial charge in [-0.2, -0.15) is 15.4 Å². The first-order valence-electron chi connectivity index (χ1n) is 8.86. The molecule has 3 rings (SSSR count). The quantitative estimate of drug-likeness (QED) is 0.401. The molecule has 0 saturated carbocycles. The van der Waals surface area contributed by atoms with Gasteiger partial charge in [0.2, 0.25) is 0 Å². The molecule has 3 N–H and O–H groups in total. The molecule has 3 aromatic rings. The molecule has 0 aliphatic heterocycles. The van der Waals surface area contributed by atoms with Crippen molar-refractivity contribution in [3.8, 4) is 28.5 Å². The maximum atomic E-state index is 11.6. The molecule has 0 fully saturated rings. The Kier molecular flexibility index (Phi) is 6.48. The van der Waals surface area contributed by atoms with E-state index in [-0.39, 0.29) is 18.9 Å². The summed E-state index contributed by atoms with van der Waals surface area (Å²) in [5, 5.41) is 10.1. The number of hydrogen-bond acceptors (Lipinski definition) is 8. The number of esters is 1. The monoisotopic (exact) mass is 412 g/mol. The van der Waals surface area contributed by atoms with E-state index in [9.17, 15) is 9.59 Å². The molecule has 0 radical (unpaired) electrons. The summed E-state index contributed by atoms with van der Waals surface area (Å²) in [6.07, 6.45) is 0. The summed E-state index contributed by atoms with van der Waals surface area (Å²) in [7, 11) is 2.82. The maximum absolute atomic E-state index is 11.6. The van der Waals surface area contributed by atoms with Crippen LogP contribution < -0.4 is 19.9 Å². The van der Waals surface area contributed by atoms with Crippen molar-refractivity contribution >= 4 is 11.9 Å². The molecular weight excluding hydrogens is 392 g/mol. The van der Waals surface area contributed by atoms with Crippen LogP contribution in [0.1, 0.15) is 20.8 Å². The van der Waals surface area contributed by atoms with Crippen molar-refractivity contribution in [1.29, 1.82) is 0 Å². The lowest BCUT2D eigenvalue weighted by molar-refractivity contribution is 0.0600. The van der Waals surface area contributed by atoms with Crippen LogP contribution in [-0.2, 0) is 4.74 Å². The number of nitrogens with zero attached hydrogens (tertiary/aromatic N) is 2. The van der Waals surface area contributed by atoms with Crippen molar-refractivity contribution in [3.63, 3.8) is 0 Å². The fraction of sp³-hybridized carbons (Fsp3) is 0.200. The number of nitrogens with one attached hydrogen (secondary N) is 1. The van der Waals surface area contributed by atoms with Crippen LogP contribution in [0, 0.1) is 0 Å². The molecule has 1 aromatic heterocycles. The molecule has 1 amide bonds. The molecule has 0 aliphatic carbocycles. The Morgan fingerprint density at radius 1 is 1.00 bits per heavy atom. The number of hydrogen-bond donors (Lipinski definition) is 2. The molecule has 0 spiro atoms. The number of primary amides is 1. The lowest BCUT2D eigenvalue weighted by Gasteiger charge is -2.13. The second kappa shape index (κ2) is 9.41. The minimum atomic E-state index is -0.688. The second-order valence-corrected chi connectivity index (χ2v) is 5.97. The Balaban J connectivity index is 1.63. The summed E-state index contributed by atoms with van der Waals surface area (Å²) in [6, 6.07) is 11.7. The normalized spacial score (nSPS) is 10.3. The fourth-order valence-corrected chi connectivity index (χ4v) is 2.68. The average molecular weight is 412 g/mol. The van der Waals surface area contributed by atoms with Gasteiger partial charge in [0.1, 0.15) is 24.7 Å². The number of H-pyrrole nitrogens is 1. The van der Waals surface area contributed by atoms with Crippen LogP contribution in [-0.4, -0.2) is 54.7 Å². The summed E-state index contributed by atoms with van der Waals surface area (Å²) < 4.78 is 21.4. The number of aromatic amines is 1. The van der Waals surface area contributed by atoms with Gasteiger partial charge in [0.15, 0.2) is 17.2 Å². The minimum absolute atomic E-state index is 0.0355. The van der Waals surface area contributed by atoms with E-state index in [1.807, 2.05) is 0 Å². The second-order valence-electron chi connectivity index (χ2n) is 5.97. The number of methoxy groups -OCH3 is 2. The van der Waals surface area contributed by atoms with E-state index in [0.29, 0.717) is 34.1 Å². The van der Waals surface area contributed by atoms with Gasteiger partial charge in [-0.1, -0.05) is 6.07 Å². The van der Waals surface area contributed by atoms with Gasteiger partial charge in [0.25, 0.3) is 5.91 Å². The molecule has 156 valence electrons. The van der Waals surface area contributed by atoms with Gasteiger partial charge < -0.3 is 24.7 Å². The molecule has 30 heavy (non-hydrogen) atoms. The van der Waals surface area contributed by atoms with E-state index >= 15 is 0 Å². The largest absolute Gasteiger partial charge is 0.493 e. The van der Waals surface area contributed by atoms with Gasteiger partial charge in [0.05, 0.1) is 19.8 Å².